The zero-order chi connectivity index (χ0) is 16.9. The number of hydrogen-bond donors (Lipinski definition) is 1. The monoisotopic (exact) mass is 359 g/mol. The third kappa shape index (κ3) is 3.93. The van der Waals surface area contributed by atoms with E-state index in [0.29, 0.717) is 16.1 Å². The highest BCUT2D eigenvalue weighted by atomic mass is 35.5. The molecule has 1 N–H and O–H groups in total. The average Bonchev–Trinajstić information content (AvgIpc) is 2.95. The quantitative estimate of drug-likeness (QED) is 0.559. The van der Waals surface area contributed by atoms with Crippen LogP contribution in [0, 0.1) is 0 Å². The zero-order valence-electron chi connectivity index (χ0n) is 12.8. The molecule has 3 rings (SSSR count). The van der Waals surface area contributed by atoms with Crippen LogP contribution in [-0.2, 0) is 11.8 Å². The van der Waals surface area contributed by atoms with Gasteiger partial charge < -0.3 is 9.88 Å². The molecule has 122 valence electrons. The van der Waals surface area contributed by atoms with Crippen molar-refractivity contribution in [3.05, 3.63) is 53.8 Å². The van der Waals surface area contributed by atoms with E-state index in [1.165, 1.54) is 11.8 Å². The summed E-state index contributed by atoms with van der Waals surface area (Å²) in [4.78, 5) is 16.0. The molecule has 2 heterocycles. The van der Waals surface area contributed by atoms with Gasteiger partial charge in [-0.15, -0.1) is 10.2 Å². The van der Waals surface area contributed by atoms with E-state index in [1.54, 1.807) is 12.3 Å². The van der Waals surface area contributed by atoms with Gasteiger partial charge in [-0.3, -0.25) is 4.79 Å². The van der Waals surface area contributed by atoms with Crippen molar-refractivity contribution >= 4 is 35.0 Å². The van der Waals surface area contributed by atoms with E-state index in [1.807, 2.05) is 48.0 Å². The Kier molecular flexibility index (Phi) is 5.12. The number of nitrogens with one attached hydrogen (secondary N) is 1. The van der Waals surface area contributed by atoms with E-state index < -0.39 is 0 Å². The summed E-state index contributed by atoms with van der Waals surface area (Å²) >= 11 is 7.12. The van der Waals surface area contributed by atoms with Crippen LogP contribution in [0.4, 0.5) is 5.69 Å². The normalized spacial score (nSPS) is 10.6. The van der Waals surface area contributed by atoms with Crippen molar-refractivity contribution in [2.45, 2.75) is 5.16 Å². The van der Waals surface area contributed by atoms with Gasteiger partial charge in [0, 0.05) is 24.5 Å². The maximum Gasteiger partial charge on any atom is 0.234 e. The second kappa shape index (κ2) is 7.46. The molecule has 0 spiro atoms. The summed E-state index contributed by atoms with van der Waals surface area (Å²) in [5, 5.41) is 12.2. The van der Waals surface area contributed by atoms with Gasteiger partial charge in [0.15, 0.2) is 11.0 Å². The predicted molar refractivity (Wildman–Crippen MR) is 95.0 cm³/mol. The van der Waals surface area contributed by atoms with E-state index in [2.05, 4.69) is 20.5 Å². The van der Waals surface area contributed by atoms with E-state index >= 15 is 0 Å². The lowest BCUT2D eigenvalue weighted by molar-refractivity contribution is -0.113. The summed E-state index contributed by atoms with van der Waals surface area (Å²) in [5.74, 6) is 0.828. The molecular weight excluding hydrogens is 346 g/mol. The molecule has 0 saturated heterocycles. The zero-order valence-corrected chi connectivity index (χ0v) is 14.4. The number of aromatic nitrogens is 4. The Hall–Kier alpha value is -2.38. The molecule has 8 heteroatoms. The number of rotatable bonds is 5. The molecule has 0 aliphatic carbocycles. The van der Waals surface area contributed by atoms with Crippen molar-refractivity contribution in [2.75, 3.05) is 11.1 Å². The van der Waals surface area contributed by atoms with Gasteiger partial charge in [-0.2, -0.15) is 0 Å². The van der Waals surface area contributed by atoms with Gasteiger partial charge in [-0.1, -0.05) is 41.6 Å². The number of amides is 1. The van der Waals surface area contributed by atoms with E-state index in [0.717, 1.165) is 11.3 Å². The summed E-state index contributed by atoms with van der Waals surface area (Å²) in [6, 6.07) is 12.9. The van der Waals surface area contributed by atoms with Crippen LogP contribution in [0.25, 0.3) is 11.4 Å². The number of carbonyl (C=O) groups excluding carboxylic acids is 1. The highest BCUT2D eigenvalue weighted by Gasteiger charge is 2.13. The lowest BCUT2D eigenvalue weighted by Gasteiger charge is -2.05. The SMILES string of the molecule is Cn1c(SCC(=O)Nc2ccccc2)nnc1-c1ccc(Cl)nc1. The summed E-state index contributed by atoms with van der Waals surface area (Å²) in [6.07, 6.45) is 1.64. The van der Waals surface area contributed by atoms with Crippen LogP contribution in [0.5, 0.6) is 0 Å². The second-order valence-corrected chi connectivity index (χ2v) is 6.27. The molecule has 0 radical (unpaired) electrons. The number of halogens is 1. The van der Waals surface area contributed by atoms with Crippen LogP contribution < -0.4 is 5.32 Å². The first-order valence-electron chi connectivity index (χ1n) is 7.12. The van der Waals surface area contributed by atoms with Crippen LogP contribution >= 0.6 is 23.4 Å². The van der Waals surface area contributed by atoms with Crippen molar-refractivity contribution < 1.29 is 4.79 Å². The van der Waals surface area contributed by atoms with Gasteiger partial charge >= 0.3 is 0 Å². The fourth-order valence-corrected chi connectivity index (χ4v) is 2.87. The largest absolute Gasteiger partial charge is 0.325 e. The Labute approximate surface area is 148 Å². The molecule has 0 unspecified atom stereocenters. The molecule has 1 aromatic carbocycles. The summed E-state index contributed by atoms with van der Waals surface area (Å²) in [6.45, 7) is 0. The van der Waals surface area contributed by atoms with Crippen molar-refractivity contribution in [1.82, 2.24) is 19.7 Å². The van der Waals surface area contributed by atoms with Crippen LogP contribution in [-0.4, -0.2) is 31.4 Å². The molecule has 0 atom stereocenters. The number of anilines is 1. The van der Waals surface area contributed by atoms with Crippen LogP contribution in [0.3, 0.4) is 0 Å². The van der Waals surface area contributed by atoms with Crippen LogP contribution in [0.1, 0.15) is 0 Å². The van der Waals surface area contributed by atoms with Crippen molar-refractivity contribution in [2.24, 2.45) is 7.05 Å². The molecule has 24 heavy (non-hydrogen) atoms. The maximum absolute atomic E-state index is 12.0. The molecule has 3 aromatic rings. The smallest absolute Gasteiger partial charge is 0.234 e. The highest BCUT2D eigenvalue weighted by Crippen LogP contribution is 2.23. The number of benzene rings is 1. The van der Waals surface area contributed by atoms with Crippen molar-refractivity contribution in [1.29, 1.82) is 0 Å². The Balaban J connectivity index is 1.64. The molecule has 2 aromatic heterocycles. The molecule has 0 saturated carbocycles. The van der Waals surface area contributed by atoms with E-state index in [4.69, 9.17) is 11.6 Å². The van der Waals surface area contributed by atoms with Crippen molar-refractivity contribution in [3.8, 4) is 11.4 Å². The van der Waals surface area contributed by atoms with Crippen molar-refractivity contribution in [3.63, 3.8) is 0 Å². The van der Waals surface area contributed by atoms with Gasteiger partial charge in [-0.05, 0) is 24.3 Å². The van der Waals surface area contributed by atoms with Gasteiger partial charge in [0.1, 0.15) is 5.15 Å². The van der Waals surface area contributed by atoms with Gasteiger partial charge in [0.2, 0.25) is 5.91 Å². The molecule has 0 aliphatic rings. The van der Waals surface area contributed by atoms with Crippen LogP contribution in [0.2, 0.25) is 5.15 Å². The molecule has 6 nitrogen and oxygen atoms in total. The number of carbonyl (C=O) groups is 1. The first-order valence-corrected chi connectivity index (χ1v) is 8.49. The summed E-state index contributed by atoms with van der Waals surface area (Å²) < 4.78 is 1.82. The molecule has 0 fully saturated rings. The molecule has 0 bridgehead atoms. The summed E-state index contributed by atoms with van der Waals surface area (Å²) in [5.41, 5.74) is 1.59. The fourth-order valence-electron chi connectivity index (χ4n) is 2.05. The lowest BCUT2D eigenvalue weighted by atomic mass is 10.3. The van der Waals surface area contributed by atoms with Gasteiger partial charge in [0.05, 0.1) is 5.75 Å². The highest BCUT2D eigenvalue weighted by molar-refractivity contribution is 7.99. The number of nitrogens with zero attached hydrogens (tertiary/aromatic N) is 4. The number of pyridine rings is 1. The third-order valence-corrected chi connectivity index (χ3v) is 4.45. The minimum absolute atomic E-state index is 0.0936. The first kappa shape index (κ1) is 16.5. The Morgan fingerprint density at radius 1 is 1.21 bits per heavy atom. The first-order chi connectivity index (χ1) is 11.6. The second-order valence-electron chi connectivity index (χ2n) is 4.94. The Bertz CT molecular complexity index is 835. The fraction of sp³-hybridized carbons (Fsp3) is 0.125. The Morgan fingerprint density at radius 3 is 2.71 bits per heavy atom. The summed E-state index contributed by atoms with van der Waals surface area (Å²) in [7, 11) is 1.85. The van der Waals surface area contributed by atoms with E-state index in [9.17, 15) is 4.79 Å². The number of para-hydroxylation sites is 1. The maximum atomic E-state index is 12.0. The van der Waals surface area contributed by atoms with Gasteiger partial charge in [-0.25, -0.2) is 4.98 Å². The standard InChI is InChI=1S/C16H14ClN5OS/c1-22-15(11-7-8-13(17)18-9-11)20-21-16(22)24-10-14(23)19-12-5-3-2-4-6-12/h2-9H,10H2,1H3,(H,19,23). The molecule has 0 aliphatic heterocycles. The van der Waals surface area contributed by atoms with Gasteiger partial charge in [0.25, 0.3) is 0 Å². The topological polar surface area (TPSA) is 72.7 Å². The van der Waals surface area contributed by atoms with Crippen LogP contribution in [0.15, 0.2) is 53.8 Å². The van der Waals surface area contributed by atoms with E-state index in [-0.39, 0.29) is 11.7 Å². The number of thioether (sulfide) groups is 1. The number of hydrogen-bond acceptors (Lipinski definition) is 5. The minimum Gasteiger partial charge on any atom is -0.325 e. The third-order valence-electron chi connectivity index (χ3n) is 3.21. The average molecular weight is 360 g/mol. The molecular formula is C16H14ClN5OS. The predicted octanol–water partition coefficient (Wildman–Crippen LogP) is 3.26. The lowest BCUT2D eigenvalue weighted by Crippen LogP contribution is -2.14. The Morgan fingerprint density at radius 2 is 2.00 bits per heavy atom. The molecule has 1 amide bonds. The minimum atomic E-state index is -0.0936.